The van der Waals surface area contributed by atoms with Gasteiger partial charge in [0, 0.05) is 19.1 Å². The van der Waals surface area contributed by atoms with E-state index < -0.39 is 11.5 Å². The van der Waals surface area contributed by atoms with Crippen molar-refractivity contribution >= 4 is 5.97 Å². The Balaban J connectivity index is 2.60. The number of piperidine rings is 1. The molecule has 1 fully saturated rings. The molecule has 1 aliphatic heterocycles. The summed E-state index contributed by atoms with van der Waals surface area (Å²) in [5.41, 5.74) is -0.843. The standard InChI is InChI=1S/C14H29N3O2/c1-5-8-15-14(2,13(18)19)11-17-9-6-7-12(10-17)16(3)4/h12,15H,5-11H2,1-4H3,(H,18,19). The van der Waals surface area contributed by atoms with E-state index in [4.69, 9.17) is 0 Å². The van der Waals surface area contributed by atoms with Crippen molar-refractivity contribution in [3.8, 4) is 0 Å². The van der Waals surface area contributed by atoms with E-state index in [0.29, 0.717) is 12.6 Å². The second kappa shape index (κ2) is 7.22. The summed E-state index contributed by atoms with van der Waals surface area (Å²) >= 11 is 0. The summed E-state index contributed by atoms with van der Waals surface area (Å²) in [5, 5.41) is 12.6. The second-order valence-corrected chi connectivity index (χ2v) is 6.06. The summed E-state index contributed by atoms with van der Waals surface area (Å²) in [4.78, 5) is 16.0. The lowest BCUT2D eigenvalue weighted by molar-refractivity contribution is -0.145. The fraction of sp³-hybridized carbons (Fsp3) is 0.929. The van der Waals surface area contributed by atoms with Crippen molar-refractivity contribution in [2.45, 2.75) is 44.7 Å². The van der Waals surface area contributed by atoms with Gasteiger partial charge >= 0.3 is 5.97 Å². The fourth-order valence-corrected chi connectivity index (χ4v) is 2.64. The predicted molar refractivity (Wildman–Crippen MR) is 77.5 cm³/mol. The maximum absolute atomic E-state index is 11.5. The number of nitrogens with zero attached hydrogens (tertiary/aromatic N) is 2. The van der Waals surface area contributed by atoms with Crippen LogP contribution in [0.2, 0.25) is 0 Å². The molecule has 0 aromatic heterocycles. The van der Waals surface area contributed by atoms with E-state index in [1.165, 1.54) is 6.42 Å². The molecule has 0 amide bonds. The van der Waals surface area contributed by atoms with E-state index in [0.717, 1.165) is 32.5 Å². The van der Waals surface area contributed by atoms with Gasteiger partial charge in [-0.2, -0.15) is 0 Å². The Hall–Kier alpha value is -0.650. The van der Waals surface area contributed by atoms with Crippen LogP contribution in [0.25, 0.3) is 0 Å². The maximum atomic E-state index is 11.5. The number of rotatable bonds is 7. The molecular weight excluding hydrogens is 242 g/mol. The second-order valence-electron chi connectivity index (χ2n) is 6.06. The van der Waals surface area contributed by atoms with Crippen LogP contribution in [0.15, 0.2) is 0 Å². The molecule has 5 heteroatoms. The zero-order chi connectivity index (χ0) is 14.5. The highest BCUT2D eigenvalue weighted by Crippen LogP contribution is 2.17. The lowest BCUT2D eigenvalue weighted by Gasteiger charge is -2.40. The molecule has 1 rings (SSSR count). The van der Waals surface area contributed by atoms with Crippen molar-refractivity contribution in [3.63, 3.8) is 0 Å². The van der Waals surface area contributed by atoms with Crippen LogP contribution in [0.4, 0.5) is 0 Å². The lowest BCUT2D eigenvalue weighted by atomic mass is 9.98. The van der Waals surface area contributed by atoms with Crippen LogP contribution in [0.5, 0.6) is 0 Å². The van der Waals surface area contributed by atoms with Crippen molar-refractivity contribution in [2.24, 2.45) is 0 Å². The Labute approximate surface area is 117 Å². The normalized spacial score (nSPS) is 24.4. The van der Waals surface area contributed by atoms with Gasteiger partial charge in [0.25, 0.3) is 0 Å². The fourth-order valence-electron chi connectivity index (χ4n) is 2.64. The smallest absolute Gasteiger partial charge is 0.324 e. The van der Waals surface area contributed by atoms with Crippen LogP contribution in [0.1, 0.15) is 33.1 Å². The van der Waals surface area contributed by atoms with Crippen molar-refractivity contribution < 1.29 is 9.90 Å². The minimum Gasteiger partial charge on any atom is -0.480 e. The molecule has 2 N–H and O–H groups in total. The van der Waals surface area contributed by atoms with Crippen molar-refractivity contribution in [3.05, 3.63) is 0 Å². The average molecular weight is 271 g/mol. The van der Waals surface area contributed by atoms with Gasteiger partial charge in [-0.25, -0.2) is 0 Å². The van der Waals surface area contributed by atoms with Crippen molar-refractivity contribution in [2.75, 3.05) is 40.3 Å². The lowest BCUT2D eigenvalue weighted by Crippen LogP contribution is -2.59. The molecule has 0 aliphatic carbocycles. The molecule has 0 saturated carbocycles. The summed E-state index contributed by atoms with van der Waals surface area (Å²) in [5.74, 6) is -0.757. The van der Waals surface area contributed by atoms with Gasteiger partial charge in [0.15, 0.2) is 0 Å². The van der Waals surface area contributed by atoms with Gasteiger partial charge in [0.05, 0.1) is 0 Å². The van der Waals surface area contributed by atoms with E-state index >= 15 is 0 Å². The Kier molecular flexibility index (Phi) is 6.23. The first-order valence-corrected chi connectivity index (χ1v) is 7.26. The van der Waals surface area contributed by atoms with Gasteiger partial charge in [-0.1, -0.05) is 6.92 Å². The van der Waals surface area contributed by atoms with Gasteiger partial charge in [-0.15, -0.1) is 0 Å². The number of nitrogens with one attached hydrogen (secondary N) is 1. The van der Waals surface area contributed by atoms with Gasteiger partial charge < -0.3 is 15.3 Å². The van der Waals surface area contributed by atoms with Gasteiger partial charge in [-0.3, -0.25) is 9.69 Å². The van der Waals surface area contributed by atoms with E-state index in [9.17, 15) is 9.90 Å². The molecule has 1 aliphatic rings. The summed E-state index contributed by atoms with van der Waals surface area (Å²) in [6, 6.07) is 0.540. The Morgan fingerprint density at radius 2 is 2.21 bits per heavy atom. The highest BCUT2D eigenvalue weighted by Gasteiger charge is 2.35. The van der Waals surface area contributed by atoms with Gasteiger partial charge in [0.2, 0.25) is 0 Å². The van der Waals surface area contributed by atoms with Crippen molar-refractivity contribution in [1.29, 1.82) is 0 Å². The van der Waals surface area contributed by atoms with Crippen LogP contribution in [0, 0.1) is 0 Å². The zero-order valence-corrected chi connectivity index (χ0v) is 12.8. The Morgan fingerprint density at radius 1 is 1.53 bits per heavy atom. The third-order valence-electron chi connectivity index (χ3n) is 3.99. The summed E-state index contributed by atoms with van der Waals surface area (Å²) in [7, 11) is 4.19. The molecule has 0 radical (unpaired) electrons. The number of aliphatic carboxylic acids is 1. The number of hydrogen-bond donors (Lipinski definition) is 2. The van der Waals surface area contributed by atoms with E-state index in [1.54, 1.807) is 6.92 Å². The largest absolute Gasteiger partial charge is 0.480 e. The molecule has 112 valence electrons. The zero-order valence-electron chi connectivity index (χ0n) is 12.8. The molecular formula is C14H29N3O2. The molecule has 2 unspecified atom stereocenters. The average Bonchev–Trinajstić information content (AvgIpc) is 2.36. The number of likely N-dealkylation sites (N-methyl/N-ethyl adjacent to an activating group) is 1. The highest BCUT2D eigenvalue weighted by atomic mass is 16.4. The monoisotopic (exact) mass is 271 g/mol. The third kappa shape index (κ3) is 4.75. The SMILES string of the molecule is CCCNC(C)(CN1CCCC(N(C)C)C1)C(=O)O. The number of carbonyl (C=O) groups is 1. The first-order chi connectivity index (χ1) is 8.89. The van der Waals surface area contributed by atoms with Crippen LogP contribution in [-0.2, 0) is 4.79 Å². The Morgan fingerprint density at radius 3 is 2.74 bits per heavy atom. The van der Waals surface area contributed by atoms with Crippen LogP contribution < -0.4 is 5.32 Å². The number of hydrogen-bond acceptors (Lipinski definition) is 4. The minimum atomic E-state index is -0.843. The molecule has 0 bridgehead atoms. The number of carboxylic acid groups (broad SMARTS) is 1. The molecule has 0 aromatic carbocycles. The van der Waals surface area contributed by atoms with E-state index in [2.05, 4.69) is 36.1 Å². The number of likely N-dealkylation sites (tertiary alicyclic amines) is 1. The minimum absolute atomic E-state index is 0.540. The molecule has 2 atom stereocenters. The first-order valence-electron chi connectivity index (χ1n) is 7.26. The molecule has 19 heavy (non-hydrogen) atoms. The van der Waals surface area contributed by atoms with Gasteiger partial charge in [0.1, 0.15) is 5.54 Å². The van der Waals surface area contributed by atoms with Crippen LogP contribution in [0.3, 0.4) is 0 Å². The maximum Gasteiger partial charge on any atom is 0.324 e. The quantitative estimate of drug-likeness (QED) is 0.719. The summed E-state index contributed by atoms with van der Waals surface area (Å²) < 4.78 is 0. The van der Waals surface area contributed by atoms with E-state index in [1.807, 2.05) is 0 Å². The van der Waals surface area contributed by atoms with E-state index in [-0.39, 0.29) is 0 Å². The molecule has 0 spiro atoms. The number of carboxylic acids is 1. The molecule has 5 nitrogen and oxygen atoms in total. The predicted octanol–water partition coefficient (Wildman–Crippen LogP) is 0.855. The molecule has 0 aromatic rings. The van der Waals surface area contributed by atoms with Crippen LogP contribution >= 0.6 is 0 Å². The first kappa shape index (κ1) is 16.4. The topological polar surface area (TPSA) is 55.8 Å². The highest BCUT2D eigenvalue weighted by molar-refractivity contribution is 5.78. The third-order valence-corrected chi connectivity index (χ3v) is 3.99. The summed E-state index contributed by atoms with van der Waals surface area (Å²) in [6.45, 7) is 7.13. The Bertz CT molecular complexity index is 296. The van der Waals surface area contributed by atoms with Crippen molar-refractivity contribution in [1.82, 2.24) is 15.1 Å². The molecule has 1 saturated heterocycles. The van der Waals surface area contributed by atoms with Crippen LogP contribution in [-0.4, -0.2) is 72.7 Å². The molecule has 1 heterocycles. The van der Waals surface area contributed by atoms with Gasteiger partial charge in [-0.05, 0) is 53.4 Å². The summed E-state index contributed by atoms with van der Waals surface area (Å²) in [6.07, 6.45) is 3.30.